The van der Waals surface area contributed by atoms with Gasteiger partial charge in [-0.25, -0.2) is 0 Å². The average Bonchev–Trinajstić information content (AvgIpc) is 3.39. The minimum absolute atomic E-state index is 0.362. The molecule has 4 unspecified atom stereocenters. The van der Waals surface area contributed by atoms with E-state index in [1.165, 1.54) is 45.3 Å². The molecule has 0 N–H and O–H groups in total. The van der Waals surface area contributed by atoms with Crippen molar-refractivity contribution >= 4 is 0 Å². The topological polar surface area (TPSA) is 3.24 Å². The number of likely N-dealkylation sites (tertiary alicyclic amines) is 1. The van der Waals surface area contributed by atoms with E-state index < -0.39 is 0 Å². The van der Waals surface area contributed by atoms with Crippen molar-refractivity contribution in [2.45, 2.75) is 42.9 Å². The van der Waals surface area contributed by atoms with E-state index in [4.69, 9.17) is 0 Å². The maximum absolute atomic E-state index is 2.79. The SMILES string of the molecule is C1=CC(CCN2CC3c4ccccc4C4CC3(C2)c2ccccc24)CC1. The molecule has 6 rings (SSSR count). The van der Waals surface area contributed by atoms with Gasteiger partial charge in [-0.1, -0.05) is 60.7 Å². The first kappa shape index (κ1) is 15.2. The summed E-state index contributed by atoms with van der Waals surface area (Å²) in [6, 6.07) is 18.7. The first-order valence-electron chi connectivity index (χ1n) is 10.4. The molecule has 0 saturated carbocycles. The van der Waals surface area contributed by atoms with Crippen molar-refractivity contribution in [3.63, 3.8) is 0 Å². The van der Waals surface area contributed by atoms with Gasteiger partial charge in [0.1, 0.15) is 0 Å². The normalized spacial score (nSPS) is 33.9. The summed E-state index contributed by atoms with van der Waals surface area (Å²) in [5.41, 5.74) is 6.89. The molecular weight excluding hydrogens is 314 g/mol. The molecule has 1 heteroatoms. The molecule has 2 bridgehead atoms. The molecule has 132 valence electrons. The quantitative estimate of drug-likeness (QED) is 0.691. The highest BCUT2D eigenvalue weighted by Crippen LogP contribution is 2.63. The number of hydrogen-bond donors (Lipinski definition) is 0. The molecule has 4 atom stereocenters. The maximum atomic E-state index is 2.79. The van der Waals surface area contributed by atoms with Gasteiger partial charge in [0.05, 0.1) is 0 Å². The molecule has 1 saturated heterocycles. The van der Waals surface area contributed by atoms with Gasteiger partial charge < -0.3 is 4.90 Å². The largest absolute Gasteiger partial charge is 0.302 e. The van der Waals surface area contributed by atoms with Crippen LogP contribution in [0.2, 0.25) is 0 Å². The van der Waals surface area contributed by atoms with Crippen LogP contribution in [0.25, 0.3) is 0 Å². The monoisotopic (exact) mass is 341 g/mol. The summed E-state index contributed by atoms with van der Waals surface area (Å²) < 4.78 is 0. The van der Waals surface area contributed by atoms with Crippen LogP contribution in [0.15, 0.2) is 60.7 Å². The number of rotatable bonds is 3. The fraction of sp³-hybridized carbons (Fsp3) is 0.440. The van der Waals surface area contributed by atoms with E-state index in [1.807, 2.05) is 0 Å². The third-order valence-corrected chi connectivity index (χ3v) is 7.73. The molecule has 0 amide bonds. The molecule has 2 aromatic rings. The number of hydrogen-bond acceptors (Lipinski definition) is 1. The van der Waals surface area contributed by atoms with Gasteiger partial charge in [0.15, 0.2) is 0 Å². The molecule has 1 aliphatic heterocycles. The Hall–Kier alpha value is -1.86. The van der Waals surface area contributed by atoms with Gasteiger partial charge >= 0.3 is 0 Å². The summed E-state index contributed by atoms with van der Waals surface area (Å²) in [4.78, 5) is 2.79. The fourth-order valence-corrected chi connectivity index (χ4v) is 6.60. The van der Waals surface area contributed by atoms with Crippen LogP contribution in [0.1, 0.15) is 59.8 Å². The number of fused-ring (bicyclic) bond motifs is 3. The van der Waals surface area contributed by atoms with Gasteiger partial charge in [-0.3, -0.25) is 0 Å². The molecule has 26 heavy (non-hydrogen) atoms. The lowest BCUT2D eigenvalue weighted by Gasteiger charge is -2.37. The van der Waals surface area contributed by atoms with Crippen LogP contribution < -0.4 is 0 Å². The summed E-state index contributed by atoms with van der Waals surface area (Å²) in [5, 5.41) is 0. The molecule has 1 heterocycles. The van der Waals surface area contributed by atoms with Crippen molar-refractivity contribution in [3.05, 3.63) is 82.9 Å². The highest BCUT2D eigenvalue weighted by molar-refractivity contribution is 5.58. The summed E-state index contributed by atoms with van der Waals surface area (Å²) in [6.45, 7) is 3.77. The summed E-state index contributed by atoms with van der Waals surface area (Å²) >= 11 is 0. The van der Waals surface area contributed by atoms with Crippen LogP contribution in [0.5, 0.6) is 0 Å². The maximum Gasteiger partial charge on any atom is 0.0173 e. The van der Waals surface area contributed by atoms with E-state index in [2.05, 4.69) is 65.6 Å². The van der Waals surface area contributed by atoms with Gasteiger partial charge in [-0.05, 0) is 60.4 Å². The Kier molecular flexibility index (Phi) is 3.26. The highest BCUT2D eigenvalue weighted by Gasteiger charge is 2.57. The van der Waals surface area contributed by atoms with Crippen LogP contribution >= 0.6 is 0 Å². The molecule has 1 fully saturated rings. The molecule has 0 aromatic heterocycles. The Labute approximate surface area is 156 Å². The van der Waals surface area contributed by atoms with E-state index in [0.29, 0.717) is 17.3 Å². The Morgan fingerprint density at radius 2 is 1.77 bits per heavy atom. The Morgan fingerprint density at radius 3 is 2.62 bits per heavy atom. The van der Waals surface area contributed by atoms with Crippen molar-refractivity contribution in [2.75, 3.05) is 19.6 Å². The minimum Gasteiger partial charge on any atom is -0.302 e. The second-order valence-electron chi connectivity index (χ2n) is 8.97. The van der Waals surface area contributed by atoms with Crippen LogP contribution in [-0.2, 0) is 5.41 Å². The van der Waals surface area contributed by atoms with Crippen LogP contribution in [-0.4, -0.2) is 24.5 Å². The van der Waals surface area contributed by atoms with Gasteiger partial charge in [-0.2, -0.15) is 0 Å². The molecule has 2 aromatic carbocycles. The number of benzene rings is 2. The van der Waals surface area contributed by atoms with Crippen molar-refractivity contribution in [1.29, 1.82) is 0 Å². The Morgan fingerprint density at radius 1 is 0.962 bits per heavy atom. The fourth-order valence-electron chi connectivity index (χ4n) is 6.60. The lowest BCUT2D eigenvalue weighted by atomic mass is 9.65. The number of allylic oxidation sites excluding steroid dienone is 2. The summed E-state index contributed by atoms with van der Waals surface area (Å²) in [6.07, 6.45) is 10.2. The van der Waals surface area contributed by atoms with E-state index in [-0.39, 0.29) is 0 Å². The Bertz CT molecular complexity index is 870. The minimum atomic E-state index is 0.362. The third-order valence-electron chi connectivity index (χ3n) is 7.73. The highest BCUT2D eigenvalue weighted by atomic mass is 15.2. The zero-order chi connectivity index (χ0) is 17.1. The standard InChI is InChI=1S/C25H27N/c1-2-8-18(7-1)13-14-26-16-24-20-10-4-3-9-19(20)22-15-25(24,17-26)23-12-6-5-11-21(22)23/h1,3-7,9-12,18,22,24H,2,8,13-17H2. The smallest absolute Gasteiger partial charge is 0.0173 e. The van der Waals surface area contributed by atoms with Crippen molar-refractivity contribution in [2.24, 2.45) is 5.92 Å². The second-order valence-corrected chi connectivity index (χ2v) is 8.97. The first-order valence-corrected chi connectivity index (χ1v) is 10.4. The molecular formula is C25H27N. The van der Waals surface area contributed by atoms with Gasteiger partial charge in [0.25, 0.3) is 0 Å². The second kappa shape index (κ2) is 5.57. The van der Waals surface area contributed by atoms with E-state index in [9.17, 15) is 0 Å². The van der Waals surface area contributed by atoms with Crippen molar-refractivity contribution < 1.29 is 0 Å². The molecule has 3 aliphatic carbocycles. The summed E-state index contributed by atoms with van der Waals surface area (Å²) in [5.74, 6) is 2.13. The van der Waals surface area contributed by atoms with Gasteiger partial charge in [0.2, 0.25) is 0 Å². The number of nitrogens with zero attached hydrogens (tertiary/aromatic N) is 1. The van der Waals surface area contributed by atoms with E-state index in [1.54, 1.807) is 22.3 Å². The lowest BCUT2D eigenvalue weighted by Crippen LogP contribution is -2.35. The molecule has 1 nitrogen and oxygen atoms in total. The lowest BCUT2D eigenvalue weighted by molar-refractivity contribution is 0.288. The van der Waals surface area contributed by atoms with Crippen LogP contribution in [0.3, 0.4) is 0 Å². The predicted molar refractivity (Wildman–Crippen MR) is 107 cm³/mol. The van der Waals surface area contributed by atoms with E-state index >= 15 is 0 Å². The predicted octanol–water partition coefficient (Wildman–Crippen LogP) is 5.23. The first-order chi connectivity index (χ1) is 12.9. The van der Waals surface area contributed by atoms with Gasteiger partial charge in [0, 0.05) is 30.3 Å². The third kappa shape index (κ3) is 2.01. The molecule has 4 aliphatic rings. The zero-order valence-electron chi connectivity index (χ0n) is 15.4. The zero-order valence-corrected chi connectivity index (χ0v) is 15.4. The van der Waals surface area contributed by atoms with Crippen LogP contribution in [0.4, 0.5) is 0 Å². The Balaban J connectivity index is 1.39. The molecule has 1 spiro atoms. The average molecular weight is 341 g/mol. The van der Waals surface area contributed by atoms with Gasteiger partial charge in [-0.15, -0.1) is 0 Å². The van der Waals surface area contributed by atoms with Crippen molar-refractivity contribution in [3.8, 4) is 0 Å². The van der Waals surface area contributed by atoms with Crippen LogP contribution in [0, 0.1) is 5.92 Å². The molecule has 0 radical (unpaired) electrons. The summed E-state index contributed by atoms with van der Waals surface area (Å²) in [7, 11) is 0. The van der Waals surface area contributed by atoms with Crippen molar-refractivity contribution in [1.82, 2.24) is 4.90 Å². The van der Waals surface area contributed by atoms with E-state index in [0.717, 1.165) is 5.92 Å².